The second-order valence-corrected chi connectivity index (χ2v) is 7.81. The molecule has 1 unspecified atom stereocenters. The van der Waals surface area contributed by atoms with Gasteiger partial charge in [-0.2, -0.15) is 0 Å². The molecule has 22 heavy (non-hydrogen) atoms. The van der Waals surface area contributed by atoms with Crippen molar-refractivity contribution in [3.05, 3.63) is 0 Å². The Morgan fingerprint density at radius 2 is 2.00 bits per heavy atom. The molecule has 1 aliphatic heterocycles. The van der Waals surface area contributed by atoms with Crippen LogP contribution >= 0.6 is 24.0 Å². The maximum absolute atomic E-state index is 5.63. The van der Waals surface area contributed by atoms with Gasteiger partial charge in [-0.1, -0.05) is 27.2 Å². The van der Waals surface area contributed by atoms with Crippen LogP contribution in [0.4, 0.5) is 0 Å². The average molecular weight is 423 g/mol. The molecule has 130 valence electrons. The Bertz CT molecular complexity index is 375. The van der Waals surface area contributed by atoms with Crippen LogP contribution in [0, 0.1) is 10.8 Å². The Labute approximate surface area is 153 Å². The third-order valence-electron chi connectivity index (χ3n) is 5.14. The number of methoxy groups -OCH3 is 1. The fourth-order valence-corrected chi connectivity index (χ4v) is 3.50. The molecule has 1 spiro atoms. The molecule has 2 fully saturated rings. The van der Waals surface area contributed by atoms with E-state index in [0.29, 0.717) is 5.41 Å². The van der Waals surface area contributed by atoms with Gasteiger partial charge in [0.05, 0.1) is 12.6 Å². The smallest absolute Gasteiger partial charge is 0.194 e. The summed E-state index contributed by atoms with van der Waals surface area (Å²) in [5, 5.41) is 3.46. The van der Waals surface area contributed by atoms with Crippen LogP contribution in [0.2, 0.25) is 0 Å². The molecule has 4 nitrogen and oxygen atoms in total. The van der Waals surface area contributed by atoms with Gasteiger partial charge in [-0.05, 0) is 37.0 Å². The molecule has 1 N–H and O–H groups in total. The zero-order valence-electron chi connectivity index (χ0n) is 14.9. The van der Waals surface area contributed by atoms with E-state index in [1.165, 1.54) is 32.2 Å². The Hall–Kier alpha value is -0.0400. The van der Waals surface area contributed by atoms with Crippen LogP contribution in [-0.4, -0.2) is 50.3 Å². The van der Waals surface area contributed by atoms with Crippen molar-refractivity contribution in [2.24, 2.45) is 15.8 Å². The predicted octanol–water partition coefficient (Wildman–Crippen LogP) is 3.51. The van der Waals surface area contributed by atoms with Crippen LogP contribution in [0.25, 0.3) is 0 Å². The van der Waals surface area contributed by atoms with E-state index in [0.717, 1.165) is 25.6 Å². The summed E-state index contributed by atoms with van der Waals surface area (Å²) in [4.78, 5) is 7.32. The molecule has 1 heterocycles. The van der Waals surface area contributed by atoms with E-state index in [2.05, 4.69) is 37.9 Å². The van der Waals surface area contributed by atoms with Gasteiger partial charge in [0.1, 0.15) is 0 Å². The van der Waals surface area contributed by atoms with Gasteiger partial charge in [0, 0.05) is 26.7 Å². The van der Waals surface area contributed by atoms with Crippen LogP contribution < -0.4 is 5.32 Å². The van der Waals surface area contributed by atoms with Gasteiger partial charge in [-0.3, -0.25) is 4.99 Å². The van der Waals surface area contributed by atoms with Crippen molar-refractivity contribution in [1.82, 2.24) is 10.2 Å². The summed E-state index contributed by atoms with van der Waals surface area (Å²) in [6.45, 7) is 12.8. The lowest BCUT2D eigenvalue weighted by atomic mass is 9.68. The first-order valence-electron chi connectivity index (χ1n) is 8.46. The highest BCUT2D eigenvalue weighted by Gasteiger charge is 2.43. The number of rotatable bonds is 4. The highest BCUT2D eigenvalue weighted by molar-refractivity contribution is 14.0. The molecule has 1 atom stereocenters. The summed E-state index contributed by atoms with van der Waals surface area (Å²) in [7, 11) is 1.79. The lowest BCUT2D eigenvalue weighted by molar-refractivity contribution is 0.0239. The number of likely N-dealkylation sites (tertiary alicyclic amines) is 1. The van der Waals surface area contributed by atoms with Crippen LogP contribution in [-0.2, 0) is 4.74 Å². The fourth-order valence-electron chi connectivity index (χ4n) is 3.50. The molecular formula is C17H34IN3O. The minimum absolute atomic E-state index is 0. The van der Waals surface area contributed by atoms with Gasteiger partial charge in [0.2, 0.25) is 0 Å². The SMILES string of the molecule is CCNC(=NCC(OC)C(C)(C)C)N1CCC2(CCC2)C1.I. The molecule has 2 rings (SSSR count). The minimum atomic E-state index is 0. The largest absolute Gasteiger partial charge is 0.379 e. The lowest BCUT2D eigenvalue weighted by Gasteiger charge is -2.38. The fraction of sp³-hybridized carbons (Fsp3) is 0.941. The molecule has 0 aromatic rings. The highest BCUT2D eigenvalue weighted by Crippen LogP contribution is 2.47. The zero-order valence-corrected chi connectivity index (χ0v) is 17.3. The first kappa shape index (κ1) is 20.0. The Morgan fingerprint density at radius 1 is 1.32 bits per heavy atom. The van der Waals surface area contributed by atoms with E-state index in [1.54, 1.807) is 7.11 Å². The van der Waals surface area contributed by atoms with Crippen molar-refractivity contribution < 1.29 is 4.74 Å². The summed E-state index contributed by atoms with van der Waals surface area (Å²) in [5.41, 5.74) is 0.733. The first-order chi connectivity index (χ1) is 9.90. The molecule has 0 amide bonds. The van der Waals surface area contributed by atoms with Crippen LogP contribution in [0.3, 0.4) is 0 Å². The van der Waals surface area contributed by atoms with Crippen molar-refractivity contribution in [2.45, 2.75) is 59.5 Å². The summed E-state index contributed by atoms with van der Waals surface area (Å²) < 4.78 is 5.63. The predicted molar refractivity (Wildman–Crippen MR) is 104 cm³/mol. The average Bonchev–Trinajstić information content (AvgIpc) is 2.81. The van der Waals surface area contributed by atoms with E-state index in [9.17, 15) is 0 Å². The maximum Gasteiger partial charge on any atom is 0.194 e. The first-order valence-corrected chi connectivity index (χ1v) is 8.46. The quantitative estimate of drug-likeness (QED) is 0.427. The molecule has 5 heteroatoms. The Kier molecular flexibility index (Phi) is 7.43. The van der Waals surface area contributed by atoms with Crippen LogP contribution in [0.5, 0.6) is 0 Å². The van der Waals surface area contributed by atoms with Crippen molar-refractivity contribution in [2.75, 3.05) is 33.3 Å². The number of nitrogens with one attached hydrogen (secondary N) is 1. The number of aliphatic imine (C=N–C) groups is 1. The molecule has 0 bridgehead atoms. The highest BCUT2D eigenvalue weighted by atomic mass is 127. The molecule has 1 aliphatic carbocycles. The summed E-state index contributed by atoms with van der Waals surface area (Å²) in [6, 6.07) is 0. The lowest BCUT2D eigenvalue weighted by Crippen LogP contribution is -2.43. The van der Waals surface area contributed by atoms with Crippen LogP contribution in [0.15, 0.2) is 4.99 Å². The van der Waals surface area contributed by atoms with E-state index < -0.39 is 0 Å². The van der Waals surface area contributed by atoms with Crippen molar-refractivity contribution in [1.29, 1.82) is 0 Å². The number of nitrogens with zero attached hydrogens (tertiary/aromatic N) is 2. The third kappa shape index (κ3) is 4.73. The zero-order chi connectivity index (χ0) is 15.5. The molecule has 2 aliphatic rings. The van der Waals surface area contributed by atoms with E-state index in [-0.39, 0.29) is 35.5 Å². The Balaban J connectivity index is 0.00000242. The van der Waals surface area contributed by atoms with E-state index in [4.69, 9.17) is 9.73 Å². The second-order valence-electron chi connectivity index (χ2n) is 7.81. The van der Waals surface area contributed by atoms with Crippen molar-refractivity contribution in [3.63, 3.8) is 0 Å². The third-order valence-corrected chi connectivity index (χ3v) is 5.14. The van der Waals surface area contributed by atoms with E-state index in [1.807, 2.05) is 0 Å². The number of halogens is 1. The molecule has 0 aromatic carbocycles. The van der Waals surface area contributed by atoms with Gasteiger partial charge in [-0.25, -0.2) is 0 Å². The van der Waals surface area contributed by atoms with Crippen molar-refractivity contribution in [3.8, 4) is 0 Å². The second kappa shape index (κ2) is 8.18. The van der Waals surface area contributed by atoms with Crippen LogP contribution in [0.1, 0.15) is 53.4 Å². The van der Waals surface area contributed by atoms with Gasteiger partial charge in [-0.15, -0.1) is 24.0 Å². The van der Waals surface area contributed by atoms with Gasteiger partial charge in [0.15, 0.2) is 5.96 Å². The maximum atomic E-state index is 5.63. The standard InChI is InChI=1S/C17H33N3O.HI/c1-6-18-15(19-12-14(21-5)16(2,3)4)20-11-10-17(13-20)8-7-9-17;/h14H,6-13H2,1-5H3,(H,18,19);1H. The monoisotopic (exact) mass is 423 g/mol. The molecule has 1 saturated heterocycles. The number of ether oxygens (including phenoxy) is 1. The van der Waals surface area contributed by atoms with Crippen molar-refractivity contribution >= 4 is 29.9 Å². The Morgan fingerprint density at radius 3 is 2.41 bits per heavy atom. The topological polar surface area (TPSA) is 36.9 Å². The van der Waals surface area contributed by atoms with Gasteiger partial charge in [0.25, 0.3) is 0 Å². The molecule has 1 saturated carbocycles. The summed E-state index contributed by atoms with van der Waals surface area (Å²) in [5.74, 6) is 1.08. The number of hydrogen-bond donors (Lipinski definition) is 1. The molecular weight excluding hydrogens is 389 g/mol. The van der Waals surface area contributed by atoms with E-state index >= 15 is 0 Å². The normalized spacial score (nSPS) is 22.2. The molecule has 0 aromatic heterocycles. The minimum Gasteiger partial charge on any atom is -0.379 e. The summed E-state index contributed by atoms with van der Waals surface area (Å²) in [6.07, 6.45) is 5.73. The van der Waals surface area contributed by atoms with Gasteiger partial charge >= 0.3 is 0 Å². The number of guanidine groups is 1. The van der Waals surface area contributed by atoms with Gasteiger partial charge < -0.3 is 15.0 Å². The summed E-state index contributed by atoms with van der Waals surface area (Å²) >= 11 is 0. The molecule has 0 radical (unpaired) electrons. The number of hydrogen-bond acceptors (Lipinski definition) is 2.